The van der Waals surface area contributed by atoms with Crippen LogP contribution in [0.1, 0.15) is 133 Å². The summed E-state index contributed by atoms with van der Waals surface area (Å²) in [6.07, 6.45) is 4.14. The van der Waals surface area contributed by atoms with Crippen molar-refractivity contribution in [1.29, 1.82) is 0 Å². The quantitative estimate of drug-likeness (QED) is 0.00920. The van der Waals surface area contributed by atoms with Crippen molar-refractivity contribution in [3.63, 3.8) is 0 Å². The number of nitrogens with one attached hydrogen (secondary N) is 2. The number of likely N-dealkylation sites (N-methyl/N-ethyl adjacent to an activating group) is 2. The highest BCUT2D eigenvalue weighted by atomic mass is 35.5. The fraction of sp³-hybridized carbons (Fsp3) is 0.474. The van der Waals surface area contributed by atoms with E-state index in [9.17, 15) is 38.5 Å². The number of ether oxygens (including phenoxy) is 2. The van der Waals surface area contributed by atoms with Gasteiger partial charge in [0.15, 0.2) is 28.7 Å². The molecule has 8 N–H and O–H groups in total. The Hall–Kier alpha value is -4.85. The molecule has 0 aliphatic carbocycles. The maximum absolute atomic E-state index is 15.1. The third-order valence-corrected chi connectivity index (χ3v) is 21.6. The number of nitrogens with zero attached hydrogens (tertiary/aromatic N) is 7. The zero-order valence-electron chi connectivity index (χ0n) is 50.2. The van der Waals surface area contributed by atoms with Gasteiger partial charge in [0.25, 0.3) is 5.91 Å². The molecular formula is C57H71Cl4N9O16P3+. The smallest absolute Gasteiger partial charge is 0.456 e. The number of hydrogen-bond donors (Lipinski definition) is 8. The van der Waals surface area contributed by atoms with E-state index in [-0.39, 0.29) is 66.8 Å². The number of aromatic nitrogens is 4. The zero-order chi connectivity index (χ0) is 65.0. The van der Waals surface area contributed by atoms with Gasteiger partial charge in [0.2, 0.25) is 11.3 Å². The number of carbonyl (C=O) groups excluding carboxylic acids is 2. The first-order chi connectivity index (χ1) is 41.7. The molecule has 4 aliphatic heterocycles. The minimum absolute atomic E-state index is 0.00761. The first-order valence-corrected chi connectivity index (χ1v) is 34.7. The number of unbranched alkanes of at least 4 members (excludes halogenated alkanes) is 3. The average Bonchev–Trinajstić information content (AvgIpc) is 1.40. The molecule has 2 amide bonds. The van der Waals surface area contributed by atoms with Crippen molar-refractivity contribution >= 4 is 121 Å². The summed E-state index contributed by atoms with van der Waals surface area (Å²) in [5.74, 6) is 0.829. The summed E-state index contributed by atoms with van der Waals surface area (Å²) in [6.45, 7) is 18.7. The molecule has 0 bridgehead atoms. The molecule has 2 unspecified atom stereocenters. The normalized spacial score (nSPS) is 20.6. The van der Waals surface area contributed by atoms with Crippen molar-refractivity contribution in [2.75, 3.05) is 56.6 Å². The van der Waals surface area contributed by atoms with Gasteiger partial charge in [0, 0.05) is 98.3 Å². The summed E-state index contributed by atoms with van der Waals surface area (Å²) in [7, 11) is -15.3. The van der Waals surface area contributed by atoms with Crippen LogP contribution in [0.3, 0.4) is 0 Å². The Balaban J connectivity index is 0.816. The minimum atomic E-state index is -5.80. The number of fused-ring (bicyclic) bond motifs is 5. The first kappa shape index (κ1) is 68.5. The fourth-order valence-electron chi connectivity index (χ4n) is 12.2. The Morgan fingerprint density at radius 2 is 1.48 bits per heavy atom. The number of halogens is 4. The number of benzene rings is 3. The summed E-state index contributed by atoms with van der Waals surface area (Å²) in [5, 5.41) is 29.3. The number of carbonyl (C=O) groups is 2. The van der Waals surface area contributed by atoms with E-state index >= 15 is 4.79 Å². The van der Waals surface area contributed by atoms with Crippen LogP contribution in [0.4, 0.5) is 11.5 Å². The van der Waals surface area contributed by atoms with Gasteiger partial charge < -0.3 is 59.7 Å². The standard InChI is InChI=1S/C57H70Cl4N9O16P3/c1-10-69-36-23-38-34(21-32(36)30(3)25-56(69,5)6)42(35-22-33-31(4)26-57(7,8)70(11-2)37(33)24-39(35)83-38)43-44(46(59)48(61)47(60)45(43)58)54(74)67(9)20-16-17-41(71)62-18-14-12-13-15-19-63-52-49-53(65-28-64-52)68(29-66-49)55-51(73)50(72)40(84-55)27-82-88(78,79)86-89(80,81)85-87(75,76)77/h21-26,28-29,40,50-51,55,72-73H,10-20,27H2,1-9H3,(H5-,62,63,64,65,71,75,76,77,78,79,80,81)/p+1/t40-,50-,51-,55-/m1/s1. The molecule has 5 aromatic rings. The second-order valence-corrected chi connectivity index (χ2v) is 29.1. The molecule has 25 nitrogen and oxygen atoms in total. The molecule has 1 fully saturated rings. The van der Waals surface area contributed by atoms with E-state index in [1.165, 1.54) is 22.1 Å². The van der Waals surface area contributed by atoms with Crippen LogP contribution in [0.25, 0.3) is 27.9 Å². The Morgan fingerprint density at radius 3 is 2.17 bits per heavy atom. The summed E-state index contributed by atoms with van der Waals surface area (Å²) < 4.78 is 63.1. The lowest BCUT2D eigenvalue weighted by Gasteiger charge is -2.43. The molecule has 89 heavy (non-hydrogen) atoms. The minimum Gasteiger partial charge on any atom is -0.456 e. The molecule has 4 aliphatic rings. The predicted molar refractivity (Wildman–Crippen MR) is 338 cm³/mol. The number of phosphoric ester groups is 1. The number of amides is 2. The van der Waals surface area contributed by atoms with Gasteiger partial charge in [-0.15, -0.1) is 0 Å². The Kier molecular flexibility index (Phi) is 20.5. The molecular weight excluding hydrogens is 1300 g/mol. The Labute approximate surface area is 533 Å². The van der Waals surface area contributed by atoms with Crippen molar-refractivity contribution in [3.05, 3.63) is 108 Å². The van der Waals surface area contributed by atoms with Gasteiger partial charge in [-0.2, -0.15) is 8.62 Å². The second-order valence-electron chi connectivity index (χ2n) is 23.2. The number of imidazole rings is 1. The molecule has 0 radical (unpaired) electrons. The number of rotatable bonds is 24. The molecule has 6 heterocycles. The molecule has 9 rings (SSSR count). The highest BCUT2D eigenvalue weighted by Crippen LogP contribution is 2.66. The van der Waals surface area contributed by atoms with Crippen molar-refractivity contribution in [2.24, 2.45) is 0 Å². The highest BCUT2D eigenvalue weighted by molar-refractivity contribution is 7.66. The third-order valence-electron chi connectivity index (χ3n) is 16.0. The number of anilines is 2. The lowest BCUT2D eigenvalue weighted by Crippen LogP contribution is -2.49. The molecule has 6 atom stereocenters. The SMILES string of the molecule is CCN1c2cc3c(cc2C(C)=CC1(C)C)C(c1c(Cl)c(Cl)c(Cl)c(Cl)c1C(=O)N(C)CCCC(=O)NCCCCCCNc1ncnc2c1ncn2[C@@H]1O[C@H](COP(=O)(O)OP(=O)(O)OP(=O)(O)O)[C@@H](O)[C@H]1O)=c1cc2c(cc1O3)=[N+](CC)C(C)(C)C=C2C. The van der Waals surface area contributed by atoms with Gasteiger partial charge in [0.1, 0.15) is 42.7 Å². The van der Waals surface area contributed by atoms with Crippen LogP contribution < -0.4 is 35.4 Å². The molecule has 2 aromatic heterocycles. The monoisotopic (exact) mass is 1370 g/mol. The van der Waals surface area contributed by atoms with Crippen LogP contribution in [0.2, 0.25) is 20.1 Å². The van der Waals surface area contributed by atoms with E-state index in [1.54, 1.807) is 7.05 Å². The Bertz CT molecular complexity index is 4010. The average molecular weight is 1370 g/mol. The topological polar surface area (TPSA) is 330 Å². The first-order valence-electron chi connectivity index (χ1n) is 28.7. The predicted octanol–water partition coefficient (Wildman–Crippen LogP) is 9.12. The number of aliphatic hydroxyl groups is 2. The largest absolute Gasteiger partial charge is 0.490 e. The zero-order valence-corrected chi connectivity index (χ0v) is 55.9. The van der Waals surface area contributed by atoms with E-state index < -0.39 is 60.5 Å². The Morgan fingerprint density at radius 1 is 0.798 bits per heavy atom. The number of hydrogen-bond acceptors (Lipinski definition) is 17. The van der Waals surface area contributed by atoms with Crippen molar-refractivity contribution < 1.29 is 75.7 Å². The molecule has 482 valence electrons. The van der Waals surface area contributed by atoms with Crippen LogP contribution in [0.5, 0.6) is 11.5 Å². The van der Waals surface area contributed by atoms with Gasteiger partial charge in [-0.25, -0.2) is 33.2 Å². The van der Waals surface area contributed by atoms with Crippen LogP contribution >= 0.6 is 69.9 Å². The summed E-state index contributed by atoms with van der Waals surface area (Å²) >= 11 is 28.4. The lowest BCUT2D eigenvalue weighted by atomic mass is 9.83. The lowest BCUT2D eigenvalue weighted by molar-refractivity contribution is -0.121. The van der Waals surface area contributed by atoms with E-state index in [1.807, 2.05) is 0 Å². The van der Waals surface area contributed by atoms with Gasteiger partial charge in [-0.1, -0.05) is 65.3 Å². The van der Waals surface area contributed by atoms with E-state index in [0.717, 1.165) is 59.2 Å². The molecule has 3 aromatic carbocycles. The molecule has 0 spiro atoms. The number of phosphoric acid groups is 3. The van der Waals surface area contributed by atoms with Gasteiger partial charge >= 0.3 is 23.5 Å². The van der Waals surface area contributed by atoms with Gasteiger partial charge in [-0.3, -0.25) is 18.7 Å². The second kappa shape index (κ2) is 26.6. The van der Waals surface area contributed by atoms with Crippen molar-refractivity contribution in [2.45, 2.75) is 130 Å². The maximum Gasteiger partial charge on any atom is 0.490 e. The third kappa shape index (κ3) is 14.4. The molecule has 1 saturated heterocycles. The summed E-state index contributed by atoms with van der Waals surface area (Å²) in [4.78, 5) is 81.7. The van der Waals surface area contributed by atoms with Crippen LogP contribution in [0.15, 0.2) is 49.1 Å². The molecule has 0 saturated carbocycles. The van der Waals surface area contributed by atoms with E-state index in [0.29, 0.717) is 71.6 Å². The summed E-state index contributed by atoms with van der Waals surface area (Å²) in [5.41, 5.74) is 6.68. The highest BCUT2D eigenvalue weighted by Gasteiger charge is 2.47. The van der Waals surface area contributed by atoms with Crippen LogP contribution in [-0.4, -0.2) is 142 Å². The van der Waals surface area contributed by atoms with Gasteiger partial charge in [0.05, 0.1) is 50.2 Å². The van der Waals surface area contributed by atoms with Gasteiger partial charge in [-0.05, 0) is 90.2 Å². The van der Waals surface area contributed by atoms with Crippen molar-refractivity contribution in [3.8, 4) is 11.5 Å². The molecule has 32 heteroatoms. The van der Waals surface area contributed by atoms with E-state index in [4.69, 9.17) is 65.7 Å². The fourth-order valence-corrected chi connectivity index (χ4v) is 16.2. The number of allylic oxidation sites excluding steroid dienone is 2. The number of aliphatic hydroxyl groups excluding tert-OH is 2. The van der Waals surface area contributed by atoms with Crippen molar-refractivity contribution in [1.82, 2.24) is 34.3 Å². The van der Waals surface area contributed by atoms with Crippen LogP contribution in [-0.2, 0) is 36.4 Å². The maximum atomic E-state index is 15.1. The van der Waals surface area contributed by atoms with Crippen LogP contribution in [0, 0.1) is 0 Å². The summed E-state index contributed by atoms with van der Waals surface area (Å²) in [6, 6.07) is 8.33. The van der Waals surface area contributed by atoms with E-state index in [2.05, 4.69) is 140 Å².